The molecule has 1 aromatic heterocycles. The molecule has 0 bridgehead atoms. The Kier molecular flexibility index (Phi) is 2.94. The van der Waals surface area contributed by atoms with Crippen molar-refractivity contribution in [3.63, 3.8) is 0 Å². The third-order valence-electron chi connectivity index (χ3n) is 2.06. The molecule has 90 valence electrons. The molecule has 0 saturated heterocycles. The Bertz CT molecular complexity index is 551. The Morgan fingerprint density at radius 1 is 1.29 bits per heavy atom. The number of hydrogen-bond acceptors (Lipinski definition) is 3. The van der Waals surface area contributed by atoms with E-state index in [1.54, 1.807) is 6.92 Å². The van der Waals surface area contributed by atoms with Crippen molar-refractivity contribution in [2.75, 3.05) is 0 Å². The highest BCUT2D eigenvalue weighted by Gasteiger charge is 2.33. The average Bonchev–Trinajstić information content (AvgIpc) is 2.64. The molecular weight excluding hydrogens is 301 g/mol. The van der Waals surface area contributed by atoms with Crippen molar-refractivity contribution in [1.82, 2.24) is 10.1 Å². The molecule has 0 aliphatic rings. The molecule has 0 unspecified atom stereocenters. The first-order chi connectivity index (χ1) is 7.88. The first-order valence-electron chi connectivity index (χ1n) is 4.55. The Morgan fingerprint density at radius 2 is 2.00 bits per heavy atom. The molecular formula is C10H6BrF3N2O. The van der Waals surface area contributed by atoms with Gasteiger partial charge in [0.05, 0.1) is 5.56 Å². The summed E-state index contributed by atoms with van der Waals surface area (Å²) >= 11 is 2.86. The summed E-state index contributed by atoms with van der Waals surface area (Å²) < 4.78 is 42.7. The highest BCUT2D eigenvalue weighted by Crippen LogP contribution is 2.36. The number of rotatable bonds is 1. The van der Waals surface area contributed by atoms with Gasteiger partial charge in [-0.15, -0.1) is 0 Å². The number of hydrogen-bond donors (Lipinski definition) is 0. The molecule has 2 rings (SSSR count). The second-order valence-electron chi connectivity index (χ2n) is 3.33. The lowest BCUT2D eigenvalue weighted by molar-refractivity contribution is -0.138. The molecule has 7 heteroatoms. The van der Waals surface area contributed by atoms with E-state index in [0.717, 1.165) is 6.07 Å². The van der Waals surface area contributed by atoms with Crippen molar-refractivity contribution in [1.29, 1.82) is 0 Å². The minimum atomic E-state index is -4.42. The maximum Gasteiger partial charge on any atom is 0.417 e. The van der Waals surface area contributed by atoms with Crippen LogP contribution in [0.15, 0.2) is 27.2 Å². The van der Waals surface area contributed by atoms with Gasteiger partial charge in [0.2, 0.25) is 11.7 Å². The average molecular weight is 307 g/mol. The lowest BCUT2D eigenvalue weighted by Crippen LogP contribution is -2.06. The standard InChI is InChI=1S/C10H6BrF3N2O/c1-5-15-9(16-17-5)6-2-3-8(11)7(4-6)10(12,13)14/h2-4H,1H3. The van der Waals surface area contributed by atoms with E-state index in [2.05, 4.69) is 26.1 Å². The van der Waals surface area contributed by atoms with Crippen LogP contribution in [0.1, 0.15) is 11.5 Å². The summed E-state index contributed by atoms with van der Waals surface area (Å²) in [6.45, 7) is 1.57. The summed E-state index contributed by atoms with van der Waals surface area (Å²) in [5.74, 6) is 0.442. The fourth-order valence-electron chi connectivity index (χ4n) is 1.30. The zero-order chi connectivity index (χ0) is 12.6. The molecule has 3 nitrogen and oxygen atoms in total. The second-order valence-corrected chi connectivity index (χ2v) is 4.18. The SMILES string of the molecule is Cc1nc(-c2ccc(Br)c(C(F)(F)F)c2)no1. The quantitative estimate of drug-likeness (QED) is 0.804. The smallest absolute Gasteiger partial charge is 0.339 e. The van der Waals surface area contributed by atoms with E-state index >= 15 is 0 Å². The first-order valence-corrected chi connectivity index (χ1v) is 5.34. The van der Waals surface area contributed by atoms with Gasteiger partial charge >= 0.3 is 6.18 Å². The Balaban J connectivity index is 2.51. The highest BCUT2D eigenvalue weighted by atomic mass is 79.9. The molecule has 0 saturated carbocycles. The van der Waals surface area contributed by atoms with Crippen molar-refractivity contribution >= 4 is 15.9 Å². The number of benzene rings is 1. The van der Waals surface area contributed by atoms with Gasteiger partial charge in [-0.2, -0.15) is 18.2 Å². The van der Waals surface area contributed by atoms with Crippen molar-refractivity contribution < 1.29 is 17.7 Å². The van der Waals surface area contributed by atoms with E-state index in [9.17, 15) is 13.2 Å². The van der Waals surface area contributed by atoms with Crippen LogP contribution in [0, 0.1) is 6.92 Å². The van der Waals surface area contributed by atoms with Crippen LogP contribution in [0.2, 0.25) is 0 Å². The minimum absolute atomic E-state index is 0.0195. The molecule has 0 N–H and O–H groups in total. The molecule has 2 aromatic rings. The molecule has 0 fully saturated rings. The van der Waals surface area contributed by atoms with Crippen LogP contribution in [-0.2, 0) is 6.18 Å². The van der Waals surface area contributed by atoms with Crippen LogP contribution in [-0.4, -0.2) is 10.1 Å². The number of aryl methyl sites for hydroxylation is 1. The zero-order valence-corrected chi connectivity index (χ0v) is 10.1. The first kappa shape index (κ1) is 12.1. The van der Waals surface area contributed by atoms with Crippen molar-refractivity contribution in [2.45, 2.75) is 13.1 Å². The summed E-state index contributed by atoms with van der Waals surface area (Å²) in [4.78, 5) is 3.87. The summed E-state index contributed by atoms with van der Waals surface area (Å²) in [6, 6.07) is 3.78. The molecule has 0 aliphatic heterocycles. The van der Waals surface area contributed by atoms with Gasteiger partial charge in [-0.25, -0.2) is 0 Å². The van der Waals surface area contributed by atoms with Crippen LogP contribution in [0.25, 0.3) is 11.4 Å². The van der Waals surface area contributed by atoms with Gasteiger partial charge in [0.1, 0.15) is 0 Å². The molecule has 17 heavy (non-hydrogen) atoms. The maximum atomic E-state index is 12.7. The van der Waals surface area contributed by atoms with Crippen molar-refractivity contribution in [2.24, 2.45) is 0 Å². The van der Waals surface area contributed by atoms with Crippen LogP contribution >= 0.6 is 15.9 Å². The van der Waals surface area contributed by atoms with E-state index in [0.29, 0.717) is 5.89 Å². The third kappa shape index (κ3) is 2.49. The largest absolute Gasteiger partial charge is 0.417 e. The van der Waals surface area contributed by atoms with Crippen LogP contribution in [0.3, 0.4) is 0 Å². The monoisotopic (exact) mass is 306 g/mol. The Labute approximate surface area is 103 Å². The van der Waals surface area contributed by atoms with E-state index in [1.165, 1.54) is 12.1 Å². The predicted molar refractivity (Wildman–Crippen MR) is 57.2 cm³/mol. The molecule has 1 heterocycles. The lowest BCUT2D eigenvalue weighted by atomic mass is 10.1. The fraction of sp³-hybridized carbons (Fsp3) is 0.200. The van der Waals surface area contributed by atoms with E-state index in [1.807, 2.05) is 0 Å². The van der Waals surface area contributed by atoms with E-state index in [-0.39, 0.29) is 15.9 Å². The molecule has 0 spiro atoms. The van der Waals surface area contributed by atoms with Crippen LogP contribution in [0.5, 0.6) is 0 Å². The highest BCUT2D eigenvalue weighted by molar-refractivity contribution is 9.10. The number of halogens is 4. The molecule has 0 aliphatic carbocycles. The number of alkyl halides is 3. The third-order valence-corrected chi connectivity index (χ3v) is 2.75. The fourth-order valence-corrected chi connectivity index (χ4v) is 1.77. The Morgan fingerprint density at radius 3 is 2.53 bits per heavy atom. The van der Waals surface area contributed by atoms with Gasteiger partial charge in [-0.3, -0.25) is 0 Å². The summed E-state index contributed by atoms with van der Waals surface area (Å²) in [5, 5.41) is 3.57. The number of aromatic nitrogens is 2. The molecule has 1 aromatic carbocycles. The lowest BCUT2D eigenvalue weighted by Gasteiger charge is -2.09. The summed E-state index contributed by atoms with van der Waals surface area (Å²) in [7, 11) is 0. The van der Waals surface area contributed by atoms with Crippen LogP contribution < -0.4 is 0 Å². The molecule has 0 amide bonds. The maximum absolute atomic E-state index is 12.7. The second kappa shape index (κ2) is 4.14. The van der Waals surface area contributed by atoms with Crippen molar-refractivity contribution in [3.05, 3.63) is 34.1 Å². The van der Waals surface area contributed by atoms with Crippen molar-refractivity contribution in [3.8, 4) is 11.4 Å². The Hall–Kier alpha value is -1.37. The summed E-state index contributed by atoms with van der Waals surface area (Å²) in [6.07, 6.45) is -4.42. The molecule has 0 atom stereocenters. The zero-order valence-electron chi connectivity index (χ0n) is 8.55. The minimum Gasteiger partial charge on any atom is -0.339 e. The predicted octanol–water partition coefficient (Wildman–Crippen LogP) is 3.83. The van der Waals surface area contributed by atoms with Gasteiger partial charge in [0.15, 0.2) is 0 Å². The molecule has 0 radical (unpaired) electrons. The topological polar surface area (TPSA) is 38.9 Å². The van der Waals surface area contributed by atoms with Gasteiger partial charge in [-0.1, -0.05) is 21.1 Å². The van der Waals surface area contributed by atoms with Gasteiger partial charge < -0.3 is 4.52 Å². The van der Waals surface area contributed by atoms with Crippen LogP contribution in [0.4, 0.5) is 13.2 Å². The summed E-state index contributed by atoms with van der Waals surface area (Å²) in [5.41, 5.74) is -0.505. The normalized spacial score (nSPS) is 11.8. The van der Waals surface area contributed by atoms with Gasteiger partial charge in [-0.05, 0) is 18.2 Å². The van der Waals surface area contributed by atoms with E-state index < -0.39 is 11.7 Å². The van der Waals surface area contributed by atoms with Gasteiger partial charge in [0, 0.05) is 17.0 Å². The van der Waals surface area contributed by atoms with E-state index in [4.69, 9.17) is 4.52 Å². The van der Waals surface area contributed by atoms with Gasteiger partial charge in [0.25, 0.3) is 0 Å². The number of nitrogens with zero attached hydrogens (tertiary/aromatic N) is 2.